The first-order valence-electron chi connectivity index (χ1n) is 6.44. The summed E-state index contributed by atoms with van der Waals surface area (Å²) in [6.45, 7) is 3.35. The van der Waals surface area contributed by atoms with Crippen molar-refractivity contribution in [3.05, 3.63) is 29.3 Å². The van der Waals surface area contributed by atoms with Gasteiger partial charge in [0.1, 0.15) is 0 Å². The fourth-order valence-corrected chi connectivity index (χ4v) is 2.22. The van der Waals surface area contributed by atoms with Crippen molar-refractivity contribution in [1.82, 2.24) is 10.6 Å². The summed E-state index contributed by atoms with van der Waals surface area (Å²) in [5.41, 5.74) is 3.10. The van der Waals surface area contributed by atoms with Crippen molar-refractivity contribution in [2.24, 2.45) is 0 Å². The Kier molecular flexibility index (Phi) is 4.04. The Hall–Kier alpha value is -2.04. The third kappa shape index (κ3) is 3.24. The molecule has 2 rings (SSSR count). The van der Waals surface area contributed by atoms with Gasteiger partial charge in [-0.15, -0.1) is 0 Å². The van der Waals surface area contributed by atoms with Crippen LogP contribution in [-0.4, -0.2) is 38.5 Å². The normalized spacial score (nSPS) is 13.1. The van der Waals surface area contributed by atoms with Crippen molar-refractivity contribution in [2.75, 3.05) is 31.6 Å². The maximum Gasteiger partial charge on any atom is 0.251 e. The first-order chi connectivity index (χ1) is 9.08. The maximum atomic E-state index is 11.9. The lowest BCUT2D eigenvalue weighted by molar-refractivity contribution is -0.118. The van der Waals surface area contributed by atoms with Crippen LogP contribution in [0.1, 0.15) is 22.8 Å². The molecule has 0 aromatic heterocycles. The number of rotatable bonds is 4. The molecule has 1 aromatic carbocycles. The Morgan fingerprint density at radius 2 is 2.00 bits per heavy atom. The van der Waals surface area contributed by atoms with Crippen LogP contribution < -0.4 is 15.5 Å². The lowest BCUT2D eigenvalue weighted by Crippen LogP contribution is -2.33. The minimum absolute atomic E-state index is 0.0881. The summed E-state index contributed by atoms with van der Waals surface area (Å²) >= 11 is 0. The smallest absolute Gasteiger partial charge is 0.251 e. The molecule has 0 atom stereocenters. The number of hydrogen-bond donors (Lipinski definition) is 2. The van der Waals surface area contributed by atoms with E-state index in [9.17, 15) is 9.59 Å². The summed E-state index contributed by atoms with van der Waals surface area (Å²) in [5, 5.41) is 5.43. The zero-order chi connectivity index (χ0) is 13.8. The van der Waals surface area contributed by atoms with Gasteiger partial charge in [-0.1, -0.05) is 0 Å². The number of carbonyl (C=O) groups is 2. The van der Waals surface area contributed by atoms with Crippen LogP contribution >= 0.6 is 0 Å². The number of benzene rings is 1. The van der Waals surface area contributed by atoms with E-state index in [1.807, 2.05) is 18.2 Å². The Labute approximate surface area is 113 Å². The summed E-state index contributed by atoms with van der Waals surface area (Å²) in [6, 6.07) is 5.78. The summed E-state index contributed by atoms with van der Waals surface area (Å²) in [7, 11) is 2.05. The number of carbonyl (C=O) groups excluding carboxylic acids is 2. The average molecular weight is 261 g/mol. The molecule has 0 spiro atoms. The molecule has 19 heavy (non-hydrogen) atoms. The number of anilines is 1. The van der Waals surface area contributed by atoms with Crippen LogP contribution in [0.15, 0.2) is 18.2 Å². The first kappa shape index (κ1) is 13.4. The van der Waals surface area contributed by atoms with E-state index in [0.717, 1.165) is 13.0 Å². The predicted octanol–water partition coefficient (Wildman–Crippen LogP) is 0.545. The Balaban J connectivity index is 1.91. The number of hydrogen-bond acceptors (Lipinski definition) is 3. The van der Waals surface area contributed by atoms with Crippen LogP contribution in [0.25, 0.3) is 0 Å². The van der Waals surface area contributed by atoms with E-state index in [1.165, 1.54) is 18.2 Å². The molecule has 5 heteroatoms. The fraction of sp³-hybridized carbons (Fsp3) is 0.429. The summed E-state index contributed by atoms with van der Waals surface area (Å²) in [5.74, 6) is -0.183. The van der Waals surface area contributed by atoms with Crippen LogP contribution in [0.5, 0.6) is 0 Å². The van der Waals surface area contributed by atoms with E-state index < -0.39 is 0 Å². The highest BCUT2D eigenvalue weighted by molar-refractivity contribution is 5.95. The van der Waals surface area contributed by atoms with E-state index in [4.69, 9.17) is 0 Å². The van der Waals surface area contributed by atoms with Gasteiger partial charge in [0.2, 0.25) is 5.91 Å². The third-order valence-corrected chi connectivity index (χ3v) is 3.25. The molecule has 0 fully saturated rings. The van der Waals surface area contributed by atoms with Crippen LogP contribution in [0.4, 0.5) is 5.69 Å². The summed E-state index contributed by atoms with van der Waals surface area (Å²) < 4.78 is 0. The molecule has 0 unspecified atom stereocenters. The van der Waals surface area contributed by atoms with Crippen LogP contribution in [0.3, 0.4) is 0 Å². The second-order valence-corrected chi connectivity index (χ2v) is 4.75. The van der Waals surface area contributed by atoms with Crippen LogP contribution in [-0.2, 0) is 11.2 Å². The molecule has 2 N–H and O–H groups in total. The molecule has 102 valence electrons. The minimum Gasteiger partial charge on any atom is -0.374 e. The number of amides is 2. The molecule has 1 aliphatic rings. The highest BCUT2D eigenvalue weighted by atomic mass is 16.2. The van der Waals surface area contributed by atoms with E-state index in [0.29, 0.717) is 18.7 Å². The minimum atomic E-state index is -0.0947. The standard InChI is InChI=1S/C14H19N3O2/c1-10(18)15-6-7-16-14(19)12-3-4-13-11(9-12)5-8-17(13)2/h3-4,9H,5-8H2,1-2H3,(H,15,18)(H,16,19). The predicted molar refractivity (Wildman–Crippen MR) is 74.4 cm³/mol. The third-order valence-electron chi connectivity index (χ3n) is 3.25. The molecule has 1 aromatic rings. The first-order valence-corrected chi connectivity index (χ1v) is 6.44. The van der Waals surface area contributed by atoms with Crippen LogP contribution in [0, 0.1) is 0 Å². The highest BCUT2D eigenvalue weighted by Crippen LogP contribution is 2.27. The Bertz CT molecular complexity index is 499. The second-order valence-electron chi connectivity index (χ2n) is 4.75. The lowest BCUT2D eigenvalue weighted by atomic mass is 10.1. The van der Waals surface area contributed by atoms with E-state index in [2.05, 4.69) is 22.6 Å². The highest BCUT2D eigenvalue weighted by Gasteiger charge is 2.17. The quantitative estimate of drug-likeness (QED) is 0.778. The van der Waals surface area contributed by atoms with Crippen molar-refractivity contribution in [2.45, 2.75) is 13.3 Å². The monoisotopic (exact) mass is 261 g/mol. The van der Waals surface area contributed by atoms with Gasteiger partial charge in [-0.2, -0.15) is 0 Å². The maximum absolute atomic E-state index is 11.9. The average Bonchev–Trinajstić information content (AvgIpc) is 2.75. The van der Waals surface area contributed by atoms with Crippen molar-refractivity contribution in [1.29, 1.82) is 0 Å². The SMILES string of the molecule is CC(=O)NCCNC(=O)c1ccc2c(c1)CCN2C. The molecule has 0 radical (unpaired) electrons. The molecule has 5 nitrogen and oxygen atoms in total. The Morgan fingerprint density at radius 1 is 1.26 bits per heavy atom. The molecule has 0 saturated heterocycles. The number of nitrogens with one attached hydrogen (secondary N) is 2. The molecule has 1 aliphatic heterocycles. The topological polar surface area (TPSA) is 61.4 Å². The summed E-state index contributed by atoms with van der Waals surface area (Å²) in [6.07, 6.45) is 0.985. The number of likely N-dealkylation sites (N-methyl/N-ethyl adjacent to an activating group) is 1. The van der Waals surface area contributed by atoms with Crippen molar-refractivity contribution < 1.29 is 9.59 Å². The molecular formula is C14H19N3O2. The largest absolute Gasteiger partial charge is 0.374 e. The second kappa shape index (κ2) is 5.73. The van der Waals surface area contributed by atoms with Gasteiger partial charge in [0.15, 0.2) is 0 Å². The number of nitrogens with zero attached hydrogens (tertiary/aromatic N) is 1. The van der Waals surface area contributed by atoms with Gasteiger partial charge in [0.25, 0.3) is 5.91 Å². The molecule has 0 bridgehead atoms. The van der Waals surface area contributed by atoms with Gasteiger partial charge in [0, 0.05) is 44.9 Å². The zero-order valence-corrected chi connectivity index (χ0v) is 11.3. The van der Waals surface area contributed by atoms with E-state index >= 15 is 0 Å². The van der Waals surface area contributed by atoms with Gasteiger partial charge >= 0.3 is 0 Å². The molecule has 1 heterocycles. The van der Waals surface area contributed by atoms with Gasteiger partial charge in [-0.3, -0.25) is 9.59 Å². The van der Waals surface area contributed by atoms with E-state index in [-0.39, 0.29) is 11.8 Å². The van der Waals surface area contributed by atoms with Crippen LogP contribution in [0.2, 0.25) is 0 Å². The molecule has 2 amide bonds. The van der Waals surface area contributed by atoms with Gasteiger partial charge in [0.05, 0.1) is 0 Å². The Morgan fingerprint density at radius 3 is 2.74 bits per heavy atom. The molecule has 0 saturated carbocycles. The molecular weight excluding hydrogens is 242 g/mol. The number of fused-ring (bicyclic) bond motifs is 1. The van der Waals surface area contributed by atoms with Gasteiger partial charge in [-0.05, 0) is 30.2 Å². The van der Waals surface area contributed by atoms with Gasteiger partial charge < -0.3 is 15.5 Å². The van der Waals surface area contributed by atoms with Crippen molar-refractivity contribution in [3.8, 4) is 0 Å². The van der Waals surface area contributed by atoms with Gasteiger partial charge in [-0.25, -0.2) is 0 Å². The fourth-order valence-electron chi connectivity index (χ4n) is 2.22. The van der Waals surface area contributed by atoms with Crippen molar-refractivity contribution >= 4 is 17.5 Å². The summed E-state index contributed by atoms with van der Waals surface area (Å²) in [4.78, 5) is 24.8. The van der Waals surface area contributed by atoms with Crippen molar-refractivity contribution in [3.63, 3.8) is 0 Å². The lowest BCUT2D eigenvalue weighted by Gasteiger charge is -2.12. The zero-order valence-electron chi connectivity index (χ0n) is 11.3. The van der Waals surface area contributed by atoms with E-state index in [1.54, 1.807) is 0 Å². The molecule has 0 aliphatic carbocycles.